The molecule has 1 radical (unpaired) electrons. The largest absolute Gasteiger partial charge is 0.658 e. The second kappa shape index (κ2) is 10.3. The van der Waals surface area contributed by atoms with Crippen molar-refractivity contribution in [2.45, 2.75) is 38.5 Å². The van der Waals surface area contributed by atoms with E-state index in [0.717, 1.165) is 22.6 Å². The van der Waals surface area contributed by atoms with Crippen LogP contribution >= 0.6 is 0 Å². The van der Waals surface area contributed by atoms with E-state index < -0.39 is 0 Å². The molecule has 0 aromatic heterocycles. The Morgan fingerprint density at radius 3 is 1.16 bits per heavy atom. The summed E-state index contributed by atoms with van der Waals surface area (Å²) in [6.07, 6.45) is 0. The van der Waals surface area contributed by atoms with Crippen LogP contribution in [0.15, 0.2) is 133 Å². The number of rotatable bonds is 6. The molecule has 3 heteroatoms. The van der Waals surface area contributed by atoms with E-state index in [1.807, 2.05) is 24.3 Å². The minimum Gasteiger partial charge on any atom is -0.526 e. The highest BCUT2D eigenvalue weighted by Crippen LogP contribution is 2.50. The molecule has 2 aliphatic rings. The lowest BCUT2D eigenvalue weighted by Gasteiger charge is -2.22. The first-order valence-electron chi connectivity index (χ1n) is 15.7. The van der Waals surface area contributed by atoms with Crippen molar-refractivity contribution in [3.8, 4) is 56.0 Å². The average Bonchev–Trinajstić information content (AvgIpc) is 3.44. The standard InChI is InChI=1S/C42H34BO2/c1-41(2)37-11-7-5-9-33(37)35-23-17-29(25-39(35)41)27-13-19-31(20-14-27)44-43-45-32-21-15-28(16-22-32)30-18-24-36-34-10-6-8-12-38(34)42(3,4)40(36)26-30/h5-26H,1-4H3. The molecule has 0 saturated heterocycles. The van der Waals surface area contributed by atoms with Gasteiger partial charge in [-0.3, -0.25) is 0 Å². The molecule has 0 N–H and O–H groups in total. The Morgan fingerprint density at radius 2 is 0.733 bits per heavy atom. The van der Waals surface area contributed by atoms with Gasteiger partial charge < -0.3 is 9.31 Å². The van der Waals surface area contributed by atoms with E-state index in [0.29, 0.717) is 0 Å². The zero-order valence-electron chi connectivity index (χ0n) is 26.1. The first-order valence-corrected chi connectivity index (χ1v) is 15.7. The van der Waals surface area contributed by atoms with Crippen LogP contribution in [0.4, 0.5) is 0 Å². The van der Waals surface area contributed by atoms with Crippen molar-refractivity contribution >= 4 is 7.69 Å². The molecule has 0 aliphatic heterocycles. The molecule has 8 rings (SSSR count). The maximum Gasteiger partial charge on any atom is 0.658 e. The zero-order chi connectivity index (χ0) is 30.8. The van der Waals surface area contributed by atoms with Crippen LogP contribution in [0, 0.1) is 0 Å². The second-order valence-corrected chi connectivity index (χ2v) is 13.2. The number of fused-ring (bicyclic) bond motifs is 6. The molecule has 0 atom stereocenters. The van der Waals surface area contributed by atoms with Gasteiger partial charge in [-0.2, -0.15) is 0 Å². The van der Waals surface area contributed by atoms with Crippen LogP contribution in [0.1, 0.15) is 49.9 Å². The van der Waals surface area contributed by atoms with Gasteiger partial charge in [-0.15, -0.1) is 0 Å². The molecule has 0 fully saturated rings. The van der Waals surface area contributed by atoms with Gasteiger partial charge in [0.2, 0.25) is 0 Å². The van der Waals surface area contributed by atoms with Crippen molar-refractivity contribution in [1.82, 2.24) is 0 Å². The highest BCUT2D eigenvalue weighted by molar-refractivity contribution is 6.20. The summed E-state index contributed by atoms with van der Waals surface area (Å²) in [5, 5.41) is 0. The molecule has 6 aromatic carbocycles. The lowest BCUT2D eigenvalue weighted by Crippen LogP contribution is -2.14. The fourth-order valence-electron chi connectivity index (χ4n) is 7.35. The summed E-state index contributed by atoms with van der Waals surface area (Å²) in [7, 11) is 1.40. The van der Waals surface area contributed by atoms with Crippen molar-refractivity contribution < 1.29 is 9.31 Å². The van der Waals surface area contributed by atoms with Gasteiger partial charge in [0.1, 0.15) is 11.5 Å². The monoisotopic (exact) mass is 581 g/mol. The fraction of sp³-hybridized carbons (Fsp3) is 0.143. The Kier molecular flexibility index (Phi) is 6.29. The van der Waals surface area contributed by atoms with Crippen molar-refractivity contribution in [2.24, 2.45) is 0 Å². The smallest absolute Gasteiger partial charge is 0.526 e. The Bertz CT molecular complexity index is 1920. The summed E-state index contributed by atoms with van der Waals surface area (Å²) in [6.45, 7) is 9.26. The molecule has 2 aliphatic carbocycles. The molecule has 0 spiro atoms. The van der Waals surface area contributed by atoms with Crippen LogP contribution in [0.5, 0.6) is 11.5 Å². The molecule has 0 bridgehead atoms. The zero-order valence-corrected chi connectivity index (χ0v) is 26.1. The van der Waals surface area contributed by atoms with E-state index >= 15 is 0 Å². The predicted molar refractivity (Wildman–Crippen MR) is 186 cm³/mol. The predicted octanol–water partition coefficient (Wildman–Crippen LogP) is 10.6. The van der Waals surface area contributed by atoms with Crippen LogP contribution in [-0.2, 0) is 10.8 Å². The van der Waals surface area contributed by atoms with Gasteiger partial charge in [0.05, 0.1) is 0 Å². The minimum absolute atomic E-state index is 0.0138. The first kappa shape index (κ1) is 27.5. The first-order chi connectivity index (χ1) is 21.8. The molecule has 2 nitrogen and oxygen atoms in total. The van der Waals surface area contributed by atoms with Crippen LogP contribution in [0.3, 0.4) is 0 Å². The molecule has 217 valence electrons. The Hall–Kier alpha value is -5.02. The highest BCUT2D eigenvalue weighted by atomic mass is 16.6. The summed E-state index contributed by atoms with van der Waals surface area (Å²) in [6, 6.07) is 47.5. The van der Waals surface area contributed by atoms with Gasteiger partial charge in [-0.25, -0.2) is 0 Å². The summed E-state index contributed by atoms with van der Waals surface area (Å²) in [4.78, 5) is 0. The lowest BCUT2D eigenvalue weighted by atomic mass is 9.81. The Morgan fingerprint density at radius 1 is 0.378 bits per heavy atom. The molecule has 6 aromatic rings. The quantitative estimate of drug-likeness (QED) is 0.182. The normalized spacial score (nSPS) is 14.6. The van der Waals surface area contributed by atoms with Gasteiger partial charge in [-0.1, -0.05) is 125 Å². The second-order valence-electron chi connectivity index (χ2n) is 13.2. The Balaban J connectivity index is 0.918. The summed E-state index contributed by atoms with van der Waals surface area (Å²) in [5.74, 6) is 1.46. The molecule has 0 saturated carbocycles. The number of benzene rings is 6. The van der Waals surface area contributed by atoms with Gasteiger partial charge in [0, 0.05) is 10.8 Å². The van der Waals surface area contributed by atoms with Crippen LogP contribution in [-0.4, -0.2) is 7.69 Å². The van der Waals surface area contributed by atoms with E-state index in [1.165, 1.54) is 63.3 Å². The highest BCUT2D eigenvalue weighted by Gasteiger charge is 2.36. The topological polar surface area (TPSA) is 18.5 Å². The third-order valence-corrected chi connectivity index (χ3v) is 9.91. The van der Waals surface area contributed by atoms with Crippen LogP contribution < -0.4 is 9.31 Å². The van der Waals surface area contributed by atoms with Crippen LogP contribution in [0.25, 0.3) is 44.5 Å². The third kappa shape index (κ3) is 4.49. The van der Waals surface area contributed by atoms with E-state index in [2.05, 4.69) is 137 Å². The lowest BCUT2D eigenvalue weighted by molar-refractivity contribution is 0.459. The van der Waals surface area contributed by atoms with Gasteiger partial charge >= 0.3 is 7.69 Å². The van der Waals surface area contributed by atoms with Gasteiger partial charge in [0.15, 0.2) is 0 Å². The minimum atomic E-state index is -0.0138. The van der Waals surface area contributed by atoms with Crippen LogP contribution in [0.2, 0.25) is 0 Å². The van der Waals surface area contributed by atoms with Gasteiger partial charge in [-0.05, 0) is 103 Å². The maximum absolute atomic E-state index is 5.82. The molecule has 0 unspecified atom stereocenters. The molecule has 45 heavy (non-hydrogen) atoms. The SMILES string of the molecule is CC1(C)c2ccccc2-c2ccc(-c3ccc(O[B]Oc4ccc(-c5ccc6c(c5)C(C)(C)c5ccccc5-6)cc4)cc3)cc21. The van der Waals surface area contributed by atoms with E-state index in [4.69, 9.17) is 9.31 Å². The maximum atomic E-state index is 5.82. The number of hydrogen-bond donors (Lipinski definition) is 0. The van der Waals surface area contributed by atoms with Crippen molar-refractivity contribution in [3.05, 3.63) is 156 Å². The molecule has 0 heterocycles. The third-order valence-electron chi connectivity index (χ3n) is 9.91. The summed E-state index contributed by atoms with van der Waals surface area (Å²) >= 11 is 0. The summed E-state index contributed by atoms with van der Waals surface area (Å²) in [5.41, 5.74) is 15.6. The average molecular weight is 582 g/mol. The van der Waals surface area contributed by atoms with Gasteiger partial charge in [0.25, 0.3) is 0 Å². The molecular weight excluding hydrogens is 547 g/mol. The van der Waals surface area contributed by atoms with E-state index in [1.54, 1.807) is 0 Å². The van der Waals surface area contributed by atoms with E-state index in [-0.39, 0.29) is 10.8 Å². The fourth-order valence-corrected chi connectivity index (χ4v) is 7.35. The molecule has 0 amide bonds. The summed E-state index contributed by atoms with van der Waals surface area (Å²) < 4.78 is 11.6. The van der Waals surface area contributed by atoms with E-state index in [9.17, 15) is 0 Å². The van der Waals surface area contributed by atoms with Crippen molar-refractivity contribution in [3.63, 3.8) is 0 Å². The number of hydrogen-bond acceptors (Lipinski definition) is 2. The molecular formula is C42H34BO2. The van der Waals surface area contributed by atoms with Crippen molar-refractivity contribution in [1.29, 1.82) is 0 Å². The Labute approximate surface area is 266 Å². The van der Waals surface area contributed by atoms with Crippen molar-refractivity contribution in [2.75, 3.05) is 0 Å².